The van der Waals surface area contributed by atoms with E-state index in [0.29, 0.717) is 11.9 Å². The van der Waals surface area contributed by atoms with E-state index in [2.05, 4.69) is 9.97 Å². The summed E-state index contributed by atoms with van der Waals surface area (Å²) in [5.41, 5.74) is 5.75. The number of rotatable bonds is 7. The van der Waals surface area contributed by atoms with E-state index >= 15 is 0 Å². The fourth-order valence-corrected chi connectivity index (χ4v) is 4.04. The highest BCUT2D eigenvalue weighted by molar-refractivity contribution is 5.74. The average molecular weight is 449 g/mol. The highest BCUT2D eigenvalue weighted by Crippen LogP contribution is 2.40. The second-order valence-corrected chi connectivity index (χ2v) is 7.98. The maximum absolute atomic E-state index is 13.4. The minimum atomic E-state index is -1.04. The number of esters is 2. The SMILES string of the molecule is CC(=O)OC[C@@H]1C[C@@H](OC(C)=O)[C@H](n2c(=O)n(C[C@@H]3C[C@H]3C(=O)O)c3cnc(N)nc32)O1. The van der Waals surface area contributed by atoms with Crippen LogP contribution in [-0.2, 0) is 35.1 Å². The Morgan fingerprint density at radius 1 is 1.28 bits per heavy atom. The summed E-state index contributed by atoms with van der Waals surface area (Å²) in [5.74, 6) is -2.75. The number of nitrogens with two attached hydrogens (primary N) is 1. The topological polar surface area (TPSA) is 178 Å². The number of carbonyl (C=O) groups is 3. The van der Waals surface area contributed by atoms with Gasteiger partial charge in [-0.15, -0.1) is 0 Å². The quantitative estimate of drug-likeness (QED) is 0.529. The van der Waals surface area contributed by atoms with E-state index in [9.17, 15) is 24.3 Å². The van der Waals surface area contributed by atoms with E-state index in [-0.39, 0.29) is 37.1 Å². The number of ether oxygens (including phenoxy) is 3. The van der Waals surface area contributed by atoms with Crippen LogP contribution in [0.25, 0.3) is 11.2 Å². The molecule has 1 saturated heterocycles. The molecule has 0 bridgehead atoms. The maximum Gasteiger partial charge on any atom is 0.332 e. The van der Waals surface area contributed by atoms with Crippen LogP contribution in [0.3, 0.4) is 0 Å². The van der Waals surface area contributed by atoms with E-state index in [1.54, 1.807) is 0 Å². The third kappa shape index (κ3) is 4.15. The summed E-state index contributed by atoms with van der Waals surface area (Å²) in [6.07, 6.45) is -0.448. The predicted octanol–water partition coefficient (Wildman–Crippen LogP) is -0.322. The summed E-state index contributed by atoms with van der Waals surface area (Å²) in [5, 5.41) is 9.20. The van der Waals surface area contributed by atoms with Gasteiger partial charge in [0, 0.05) is 26.8 Å². The van der Waals surface area contributed by atoms with E-state index in [1.165, 1.54) is 29.2 Å². The minimum absolute atomic E-state index is 0.0725. The molecule has 2 aromatic heterocycles. The molecular weight excluding hydrogens is 426 g/mol. The third-order valence-electron chi connectivity index (χ3n) is 5.57. The summed E-state index contributed by atoms with van der Waals surface area (Å²) in [7, 11) is 0. The minimum Gasteiger partial charge on any atom is -0.481 e. The van der Waals surface area contributed by atoms with Crippen molar-refractivity contribution in [2.45, 2.75) is 51.7 Å². The molecule has 13 heteroatoms. The van der Waals surface area contributed by atoms with Crippen molar-refractivity contribution in [3.63, 3.8) is 0 Å². The van der Waals surface area contributed by atoms with Gasteiger partial charge in [0.25, 0.3) is 0 Å². The lowest BCUT2D eigenvalue weighted by atomic mass is 10.2. The van der Waals surface area contributed by atoms with Crippen molar-refractivity contribution in [1.29, 1.82) is 0 Å². The Balaban J connectivity index is 1.73. The molecule has 1 aliphatic carbocycles. The van der Waals surface area contributed by atoms with Crippen LogP contribution < -0.4 is 11.4 Å². The number of nitrogen functional groups attached to an aromatic ring is 1. The Hall–Kier alpha value is -3.48. The number of hydrogen-bond donors (Lipinski definition) is 2. The Morgan fingerprint density at radius 3 is 2.66 bits per heavy atom. The normalized spacial score (nSPS) is 26.8. The van der Waals surface area contributed by atoms with Gasteiger partial charge in [-0.1, -0.05) is 0 Å². The van der Waals surface area contributed by atoms with Gasteiger partial charge in [-0.3, -0.25) is 19.0 Å². The highest BCUT2D eigenvalue weighted by Gasteiger charge is 2.45. The molecule has 0 radical (unpaired) electrons. The number of carboxylic acids is 1. The molecule has 13 nitrogen and oxygen atoms in total. The van der Waals surface area contributed by atoms with Crippen LogP contribution in [0, 0.1) is 11.8 Å². The van der Waals surface area contributed by atoms with Gasteiger partial charge in [0.1, 0.15) is 18.2 Å². The van der Waals surface area contributed by atoms with Gasteiger partial charge >= 0.3 is 23.6 Å². The summed E-state index contributed by atoms with van der Waals surface area (Å²) in [6.45, 7) is 2.59. The third-order valence-corrected chi connectivity index (χ3v) is 5.57. The van der Waals surface area contributed by atoms with Crippen LogP contribution in [0.15, 0.2) is 11.0 Å². The zero-order chi connectivity index (χ0) is 23.2. The second kappa shape index (κ2) is 8.22. The summed E-state index contributed by atoms with van der Waals surface area (Å²) >= 11 is 0. The van der Waals surface area contributed by atoms with Crippen LogP contribution in [0.4, 0.5) is 5.95 Å². The molecule has 3 heterocycles. The first-order chi connectivity index (χ1) is 15.2. The van der Waals surface area contributed by atoms with Crippen LogP contribution in [0.5, 0.6) is 0 Å². The Labute approximate surface area is 181 Å². The number of hydrogen-bond acceptors (Lipinski definition) is 10. The van der Waals surface area contributed by atoms with Gasteiger partial charge in [-0.05, 0) is 12.3 Å². The van der Waals surface area contributed by atoms with Gasteiger partial charge < -0.3 is 25.1 Å². The van der Waals surface area contributed by atoms with Crippen LogP contribution in [0.1, 0.15) is 32.9 Å². The molecule has 172 valence electrons. The van der Waals surface area contributed by atoms with Gasteiger partial charge in [0.15, 0.2) is 11.9 Å². The molecule has 4 rings (SSSR count). The first kappa shape index (κ1) is 21.7. The van der Waals surface area contributed by atoms with E-state index < -0.39 is 48.0 Å². The Kier molecular flexibility index (Phi) is 5.59. The lowest BCUT2D eigenvalue weighted by Crippen LogP contribution is -2.34. The smallest absolute Gasteiger partial charge is 0.332 e. The van der Waals surface area contributed by atoms with Crippen LogP contribution in [0.2, 0.25) is 0 Å². The molecular formula is C19H23N5O8. The van der Waals surface area contributed by atoms with Crippen molar-refractivity contribution in [3.8, 4) is 0 Å². The first-order valence-electron chi connectivity index (χ1n) is 10.1. The molecule has 1 saturated carbocycles. The standard InChI is InChI=1S/C19H23N5O8/c1-8(25)30-7-11-4-14(31-9(2)26)16(32-11)24-15-13(5-21-18(20)22-15)23(19(24)29)6-10-3-12(10)17(27)28/h5,10-12,14,16H,3-4,6-7H2,1-2H3,(H,27,28)(H2,20,21,22)/t10-,11-,12+,14+,16+/m0/s1. The number of carbonyl (C=O) groups excluding carboxylic acids is 2. The molecule has 32 heavy (non-hydrogen) atoms. The summed E-state index contributed by atoms with van der Waals surface area (Å²) in [4.78, 5) is 55.6. The molecule has 0 unspecified atom stereocenters. The Morgan fingerprint density at radius 2 is 2.03 bits per heavy atom. The largest absolute Gasteiger partial charge is 0.481 e. The van der Waals surface area contributed by atoms with Crippen molar-refractivity contribution < 1.29 is 33.7 Å². The van der Waals surface area contributed by atoms with Gasteiger partial charge in [-0.2, -0.15) is 4.98 Å². The zero-order valence-corrected chi connectivity index (χ0v) is 17.5. The monoisotopic (exact) mass is 449 g/mol. The molecule has 0 spiro atoms. The summed E-state index contributed by atoms with van der Waals surface area (Å²) < 4.78 is 18.9. The molecule has 0 amide bonds. The molecule has 3 N–H and O–H groups in total. The molecule has 5 atom stereocenters. The van der Waals surface area contributed by atoms with Crippen molar-refractivity contribution >= 4 is 35.0 Å². The van der Waals surface area contributed by atoms with Crippen molar-refractivity contribution in [2.75, 3.05) is 12.3 Å². The summed E-state index contributed by atoms with van der Waals surface area (Å²) in [6, 6.07) is 0. The average Bonchev–Trinajstić information content (AvgIpc) is 3.31. The van der Waals surface area contributed by atoms with Gasteiger partial charge in [-0.25, -0.2) is 14.3 Å². The molecule has 2 fully saturated rings. The van der Waals surface area contributed by atoms with Crippen molar-refractivity contribution in [3.05, 3.63) is 16.7 Å². The van der Waals surface area contributed by atoms with Crippen LogP contribution >= 0.6 is 0 Å². The van der Waals surface area contributed by atoms with E-state index in [1.807, 2.05) is 0 Å². The van der Waals surface area contributed by atoms with E-state index in [4.69, 9.17) is 19.9 Å². The Bertz CT molecular complexity index is 1140. The fourth-order valence-electron chi connectivity index (χ4n) is 4.04. The number of aliphatic carboxylic acids is 1. The molecule has 2 aliphatic rings. The van der Waals surface area contributed by atoms with Crippen molar-refractivity contribution in [2.24, 2.45) is 11.8 Å². The number of fused-ring (bicyclic) bond motifs is 1. The lowest BCUT2D eigenvalue weighted by molar-refractivity contribution is -0.153. The fraction of sp³-hybridized carbons (Fsp3) is 0.579. The highest BCUT2D eigenvalue weighted by atomic mass is 16.6. The number of nitrogens with zero attached hydrogens (tertiary/aromatic N) is 4. The zero-order valence-electron chi connectivity index (χ0n) is 17.5. The van der Waals surface area contributed by atoms with Gasteiger partial charge in [0.05, 0.1) is 18.2 Å². The van der Waals surface area contributed by atoms with Gasteiger partial charge in [0.2, 0.25) is 5.95 Å². The molecule has 0 aromatic carbocycles. The number of imidazole rings is 1. The molecule has 2 aromatic rings. The van der Waals surface area contributed by atoms with E-state index in [0.717, 1.165) is 0 Å². The predicted molar refractivity (Wildman–Crippen MR) is 106 cm³/mol. The number of anilines is 1. The number of aromatic nitrogens is 4. The first-order valence-corrected chi connectivity index (χ1v) is 10.1. The molecule has 1 aliphatic heterocycles. The number of carboxylic acid groups (broad SMARTS) is 1. The maximum atomic E-state index is 13.4. The lowest BCUT2D eigenvalue weighted by Gasteiger charge is -2.19. The van der Waals surface area contributed by atoms with Crippen molar-refractivity contribution in [1.82, 2.24) is 19.1 Å². The second-order valence-electron chi connectivity index (χ2n) is 7.98. The van der Waals surface area contributed by atoms with Crippen LogP contribution in [-0.4, -0.2) is 60.9 Å².